The summed E-state index contributed by atoms with van der Waals surface area (Å²) in [7, 11) is 0. The monoisotopic (exact) mass is 210 g/mol. The van der Waals surface area contributed by atoms with Crippen LogP contribution in [0.5, 0.6) is 0 Å². The van der Waals surface area contributed by atoms with Gasteiger partial charge in [-0.2, -0.15) is 0 Å². The molecule has 0 heterocycles. The minimum atomic E-state index is -0.250. The summed E-state index contributed by atoms with van der Waals surface area (Å²) in [5, 5.41) is 22.1. The lowest BCUT2D eigenvalue weighted by atomic mass is 10.5. The van der Waals surface area contributed by atoms with Gasteiger partial charge in [-0.15, -0.1) is 0 Å². The molecule has 0 aliphatic heterocycles. The number of rotatable bonds is 5. The SMILES string of the molecule is CCCOCCC.O=CO.OCCO. The number of hydrogen-bond donors (Lipinski definition) is 3. The van der Waals surface area contributed by atoms with Gasteiger partial charge < -0.3 is 20.1 Å². The predicted octanol–water partition coefficient (Wildman–Crippen LogP) is 0.495. The molecule has 0 aliphatic carbocycles. The van der Waals surface area contributed by atoms with Crippen LogP contribution in [0.15, 0.2) is 0 Å². The summed E-state index contributed by atoms with van der Waals surface area (Å²) in [4.78, 5) is 8.36. The van der Waals surface area contributed by atoms with E-state index < -0.39 is 0 Å². The minimum absolute atomic E-state index is 0.125. The molecule has 0 saturated carbocycles. The van der Waals surface area contributed by atoms with Crippen LogP contribution in [0, 0.1) is 0 Å². The smallest absolute Gasteiger partial charge is 0.290 e. The lowest BCUT2D eigenvalue weighted by Crippen LogP contribution is -1.92. The summed E-state index contributed by atoms with van der Waals surface area (Å²) < 4.78 is 5.13. The van der Waals surface area contributed by atoms with E-state index in [1.54, 1.807) is 0 Å². The number of carboxylic acid groups (broad SMARTS) is 1. The van der Waals surface area contributed by atoms with Crippen molar-refractivity contribution in [1.29, 1.82) is 0 Å². The van der Waals surface area contributed by atoms with Crippen molar-refractivity contribution in [3.8, 4) is 0 Å². The topological polar surface area (TPSA) is 87.0 Å². The van der Waals surface area contributed by atoms with Crippen LogP contribution in [0.1, 0.15) is 26.7 Å². The molecular weight excluding hydrogens is 188 g/mol. The van der Waals surface area contributed by atoms with Gasteiger partial charge in [0.05, 0.1) is 13.2 Å². The van der Waals surface area contributed by atoms with E-state index in [0.717, 1.165) is 26.1 Å². The van der Waals surface area contributed by atoms with Crippen molar-refractivity contribution in [3.05, 3.63) is 0 Å². The first-order chi connectivity index (χ1) is 6.74. The second-order valence-electron chi connectivity index (χ2n) is 2.16. The summed E-state index contributed by atoms with van der Waals surface area (Å²) in [5.74, 6) is 0. The zero-order chi connectivity index (χ0) is 11.7. The van der Waals surface area contributed by atoms with E-state index >= 15 is 0 Å². The van der Waals surface area contributed by atoms with E-state index in [1.807, 2.05) is 0 Å². The molecule has 5 nitrogen and oxygen atoms in total. The number of aliphatic hydroxyl groups is 2. The Morgan fingerprint density at radius 3 is 1.50 bits per heavy atom. The van der Waals surface area contributed by atoms with Gasteiger partial charge >= 0.3 is 0 Å². The Morgan fingerprint density at radius 1 is 1.07 bits per heavy atom. The van der Waals surface area contributed by atoms with Gasteiger partial charge in [-0.1, -0.05) is 13.8 Å². The molecule has 0 spiro atoms. The third kappa shape index (κ3) is 64.3. The fourth-order valence-electron chi connectivity index (χ4n) is 0.391. The Kier molecular flexibility index (Phi) is 40.0. The van der Waals surface area contributed by atoms with Crippen molar-refractivity contribution in [3.63, 3.8) is 0 Å². The molecule has 0 bridgehead atoms. The zero-order valence-corrected chi connectivity index (χ0v) is 8.98. The Balaban J connectivity index is -0.000000147. The molecule has 0 aromatic carbocycles. The van der Waals surface area contributed by atoms with Crippen LogP contribution >= 0.6 is 0 Å². The highest BCUT2D eigenvalue weighted by Gasteiger charge is 1.77. The number of hydrogen-bond acceptors (Lipinski definition) is 4. The van der Waals surface area contributed by atoms with Gasteiger partial charge in [-0.3, -0.25) is 4.79 Å². The maximum atomic E-state index is 8.36. The average molecular weight is 210 g/mol. The molecule has 0 fully saturated rings. The standard InChI is InChI=1S/C6H14O.C2H6O2.CH2O2/c1-3-5-7-6-4-2;3-1-2-4;2-1-3/h3-6H2,1-2H3;3-4H,1-2H2;1H,(H,2,3). The van der Waals surface area contributed by atoms with Gasteiger partial charge in [0, 0.05) is 13.2 Å². The molecule has 0 saturated heterocycles. The molecule has 0 unspecified atom stereocenters. The third-order valence-corrected chi connectivity index (χ3v) is 0.797. The van der Waals surface area contributed by atoms with E-state index in [9.17, 15) is 0 Å². The van der Waals surface area contributed by atoms with Gasteiger partial charge in [-0.25, -0.2) is 0 Å². The fraction of sp³-hybridized carbons (Fsp3) is 0.889. The largest absolute Gasteiger partial charge is 0.483 e. The fourth-order valence-corrected chi connectivity index (χ4v) is 0.391. The molecular formula is C9H22O5. The highest BCUT2D eigenvalue weighted by atomic mass is 16.5. The first-order valence-electron chi connectivity index (χ1n) is 4.62. The second-order valence-corrected chi connectivity index (χ2v) is 2.16. The average Bonchev–Trinajstić information content (AvgIpc) is 2.20. The first-order valence-corrected chi connectivity index (χ1v) is 4.62. The van der Waals surface area contributed by atoms with Crippen molar-refractivity contribution in [1.82, 2.24) is 0 Å². The van der Waals surface area contributed by atoms with Gasteiger partial charge in [0.15, 0.2) is 0 Å². The summed E-state index contributed by atoms with van der Waals surface area (Å²) in [6.45, 7) is 5.59. The highest BCUT2D eigenvalue weighted by molar-refractivity contribution is 5.32. The normalized spacial score (nSPS) is 7.71. The van der Waals surface area contributed by atoms with Crippen molar-refractivity contribution >= 4 is 6.47 Å². The van der Waals surface area contributed by atoms with Gasteiger partial charge in [0.25, 0.3) is 6.47 Å². The maximum Gasteiger partial charge on any atom is 0.290 e. The van der Waals surface area contributed by atoms with E-state index in [4.69, 9.17) is 24.9 Å². The summed E-state index contributed by atoms with van der Waals surface area (Å²) >= 11 is 0. The van der Waals surface area contributed by atoms with Crippen LogP contribution in [0.4, 0.5) is 0 Å². The first kappa shape index (κ1) is 19.0. The van der Waals surface area contributed by atoms with E-state index in [-0.39, 0.29) is 19.7 Å². The van der Waals surface area contributed by atoms with Crippen LogP contribution in [-0.2, 0) is 9.53 Å². The molecule has 0 aliphatic rings. The Labute approximate surface area is 85.3 Å². The Morgan fingerprint density at radius 2 is 1.36 bits per heavy atom. The van der Waals surface area contributed by atoms with Crippen molar-refractivity contribution in [2.75, 3.05) is 26.4 Å². The maximum absolute atomic E-state index is 8.36. The Bertz CT molecular complexity index is 71.6. The van der Waals surface area contributed by atoms with Crippen molar-refractivity contribution in [2.24, 2.45) is 0 Å². The van der Waals surface area contributed by atoms with Gasteiger partial charge in [0.2, 0.25) is 0 Å². The molecule has 0 atom stereocenters. The number of aliphatic hydroxyl groups excluding tert-OH is 2. The van der Waals surface area contributed by atoms with Crippen molar-refractivity contribution < 1.29 is 24.9 Å². The lowest BCUT2D eigenvalue weighted by Gasteiger charge is -1.95. The van der Waals surface area contributed by atoms with Gasteiger partial charge in [0.1, 0.15) is 0 Å². The van der Waals surface area contributed by atoms with E-state index in [1.165, 1.54) is 0 Å². The van der Waals surface area contributed by atoms with Crippen LogP contribution in [-0.4, -0.2) is 48.2 Å². The molecule has 0 aromatic rings. The van der Waals surface area contributed by atoms with Crippen molar-refractivity contribution in [2.45, 2.75) is 26.7 Å². The highest BCUT2D eigenvalue weighted by Crippen LogP contribution is 1.81. The predicted molar refractivity (Wildman–Crippen MR) is 54.3 cm³/mol. The molecule has 14 heavy (non-hydrogen) atoms. The second kappa shape index (κ2) is 29.4. The molecule has 0 radical (unpaired) electrons. The number of carbonyl (C=O) groups is 1. The molecule has 88 valence electrons. The molecule has 3 N–H and O–H groups in total. The molecule has 0 amide bonds. The Hall–Kier alpha value is -0.650. The third-order valence-electron chi connectivity index (χ3n) is 0.797. The van der Waals surface area contributed by atoms with Crippen LogP contribution in [0.2, 0.25) is 0 Å². The van der Waals surface area contributed by atoms with E-state index in [2.05, 4.69) is 13.8 Å². The minimum Gasteiger partial charge on any atom is -0.483 e. The molecule has 0 rings (SSSR count). The van der Waals surface area contributed by atoms with Crippen LogP contribution < -0.4 is 0 Å². The van der Waals surface area contributed by atoms with Crippen LogP contribution in [0.3, 0.4) is 0 Å². The van der Waals surface area contributed by atoms with Gasteiger partial charge in [-0.05, 0) is 12.8 Å². The zero-order valence-electron chi connectivity index (χ0n) is 8.98. The quantitative estimate of drug-likeness (QED) is 0.454. The summed E-state index contributed by atoms with van der Waals surface area (Å²) in [6.07, 6.45) is 2.28. The summed E-state index contributed by atoms with van der Waals surface area (Å²) in [6, 6.07) is 0. The summed E-state index contributed by atoms with van der Waals surface area (Å²) in [5.41, 5.74) is 0. The number of ether oxygens (including phenoxy) is 1. The molecule has 5 heteroatoms. The lowest BCUT2D eigenvalue weighted by molar-refractivity contribution is -0.122. The van der Waals surface area contributed by atoms with E-state index in [0.29, 0.717) is 0 Å². The van der Waals surface area contributed by atoms with Crippen LogP contribution in [0.25, 0.3) is 0 Å². The molecule has 0 aromatic heterocycles.